The number of hydrogen-bond acceptors (Lipinski definition) is 5. The molecule has 0 radical (unpaired) electrons. The van der Waals surface area contributed by atoms with Crippen molar-refractivity contribution in [3.8, 4) is 11.5 Å². The summed E-state index contributed by atoms with van der Waals surface area (Å²) in [6, 6.07) is 20.7. The first-order chi connectivity index (χ1) is 18.1. The quantitative estimate of drug-likeness (QED) is 0.220. The van der Waals surface area contributed by atoms with Crippen LogP contribution in [-0.2, 0) is 0 Å². The molecule has 5 rings (SSSR count). The Hall–Kier alpha value is -4.16. The SMILES string of the molecule is COc1ccc(C=CCN2CCC(=C3c4ccccc4C=Cc4ccccc43)CC2)c([N+](=O)[O-])c1OC. The van der Waals surface area contributed by atoms with Crippen LogP contribution in [0.3, 0.4) is 0 Å². The third kappa shape index (κ3) is 4.93. The maximum atomic E-state index is 11.7. The molecule has 0 saturated carbocycles. The Kier molecular flexibility index (Phi) is 7.19. The second kappa shape index (κ2) is 10.8. The largest absolute Gasteiger partial charge is 0.493 e. The molecule has 3 aromatic rings. The van der Waals surface area contributed by atoms with Crippen molar-refractivity contribution in [2.75, 3.05) is 33.9 Å². The molecule has 1 heterocycles. The highest BCUT2D eigenvalue weighted by atomic mass is 16.6. The van der Waals surface area contributed by atoms with Crippen LogP contribution in [-0.4, -0.2) is 43.7 Å². The lowest BCUT2D eigenvalue weighted by Crippen LogP contribution is -2.31. The van der Waals surface area contributed by atoms with Crippen molar-refractivity contribution in [2.45, 2.75) is 12.8 Å². The maximum Gasteiger partial charge on any atom is 0.322 e. The van der Waals surface area contributed by atoms with E-state index >= 15 is 0 Å². The summed E-state index contributed by atoms with van der Waals surface area (Å²) >= 11 is 0. The minimum Gasteiger partial charge on any atom is -0.493 e. The number of nitro groups is 1. The normalized spacial score (nSPS) is 15.3. The number of nitrogens with zero attached hydrogens (tertiary/aromatic N) is 2. The van der Waals surface area contributed by atoms with Crippen LogP contribution in [0.15, 0.2) is 72.3 Å². The molecule has 6 nitrogen and oxygen atoms in total. The van der Waals surface area contributed by atoms with Crippen molar-refractivity contribution in [3.63, 3.8) is 0 Å². The minimum absolute atomic E-state index is 0.0805. The highest BCUT2D eigenvalue weighted by molar-refractivity contribution is 5.94. The Balaban J connectivity index is 1.35. The summed E-state index contributed by atoms with van der Waals surface area (Å²) in [6.45, 7) is 2.60. The molecule has 1 aliphatic heterocycles. The van der Waals surface area contributed by atoms with E-state index in [0.29, 0.717) is 11.3 Å². The molecule has 0 N–H and O–H groups in total. The van der Waals surface area contributed by atoms with E-state index in [9.17, 15) is 10.1 Å². The zero-order valence-electron chi connectivity index (χ0n) is 21.1. The number of benzene rings is 3. The van der Waals surface area contributed by atoms with Gasteiger partial charge in [0, 0.05) is 19.6 Å². The third-order valence-electron chi connectivity index (χ3n) is 7.11. The number of hydrogen-bond donors (Lipinski definition) is 0. The minimum atomic E-state index is -0.419. The van der Waals surface area contributed by atoms with E-state index in [1.165, 1.54) is 47.6 Å². The van der Waals surface area contributed by atoms with Gasteiger partial charge in [-0.1, -0.05) is 78.4 Å². The van der Waals surface area contributed by atoms with Crippen LogP contribution >= 0.6 is 0 Å². The van der Waals surface area contributed by atoms with E-state index in [2.05, 4.69) is 65.6 Å². The van der Waals surface area contributed by atoms with Crippen LogP contribution < -0.4 is 9.47 Å². The Labute approximate surface area is 217 Å². The van der Waals surface area contributed by atoms with Crippen LogP contribution in [0.2, 0.25) is 0 Å². The van der Waals surface area contributed by atoms with Crippen molar-refractivity contribution in [1.29, 1.82) is 0 Å². The molecular formula is C31H30N2O4. The summed E-state index contributed by atoms with van der Waals surface area (Å²) in [4.78, 5) is 13.7. The monoisotopic (exact) mass is 494 g/mol. The highest BCUT2D eigenvalue weighted by Gasteiger charge is 2.24. The van der Waals surface area contributed by atoms with Gasteiger partial charge in [0.15, 0.2) is 5.75 Å². The summed E-state index contributed by atoms with van der Waals surface area (Å²) in [5, 5.41) is 11.7. The van der Waals surface area contributed by atoms with Crippen molar-refractivity contribution in [2.24, 2.45) is 0 Å². The summed E-state index contributed by atoms with van der Waals surface area (Å²) in [7, 11) is 2.89. The zero-order chi connectivity index (χ0) is 25.8. The van der Waals surface area contributed by atoms with Gasteiger partial charge in [0.1, 0.15) is 0 Å². The number of piperidine rings is 1. The number of likely N-dealkylation sites (tertiary alicyclic amines) is 1. The Bertz CT molecular complexity index is 1360. The smallest absolute Gasteiger partial charge is 0.322 e. The number of rotatable bonds is 6. The van der Waals surface area contributed by atoms with Gasteiger partial charge in [-0.05, 0) is 52.8 Å². The molecule has 0 bridgehead atoms. The summed E-state index contributed by atoms with van der Waals surface area (Å²) in [5.74, 6) is 0.488. The lowest BCUT2D eigenvalue weighted by atomic mass is 9.86. The van der Waals surface area contributed by atoms with Crippen molar-refractivity contribution in [3.05, 3.63) is 110 Å². The highest BCUT2D eigenvalue weighted by Crippen LogP contribution is 2.40. The van der Waals surface area contributed by atoms with Crippen molar-refractivity contribution in [1.82, 2.24) is 4.90 Å². The zero-order valence-corrected chi connectivity index (χ0v) is 21.1. The van der Waals surface area contributed by atoms with Crippen LogP contribution in [0, 0.1) is 10.1 Å². The molecule has 0 unspecified atom stereocenters. The van der Waals surface area contributed by atoms with E-state index in [1.807, 2.05) is 6.08 Å². The summed E-state index contributed by atoms with van der Waals surface area (Å²) in [6.07, 6.45) is 10.2. The number of nitro benzene ring substituents is 1. The van der Waals surface area contributed by atoms with Crippen LogP contribution in [0.25, 0.3) is 23.8 Å². The molecular weight excluding hydrogens is 464 g/mol. The number of methoxy groups -OCH3 is 2. The van der Waals surface area contributed by atoms with E-state index in [4.69, 9.17) is 9.47 Å². The molecule has 1 fully saturated rings. The first-order valence-electron chi connectivity index (χ1n) is 12.5. The second-order valence-corrected chi connectivity index (χ2v) is 9.19. The Morgan fingerprint density at radius 2 is 1.51 bits per heavy atom. The van der Waals surface area contributed by atoms with Crippen molar-refractivity contribution >= 4 is 29.5 Å². The molecule has 0 amide bonds. The fourth-order valence-electron chi connectivity index (χ4n) is 5.28. The molecule has 2 aliphatic rings. The van der Waals surface area contributed by atoms with Crippen LogP contribution in [0.4, 0.5) is 5.69 Å². The Morgan fingerprint density at radius 1 is 0.892 bits per heavy atom. The predicted octanol–water partition coefficient (Wildman–Crippen LogP) is 6.71. The Morgan fingerprint density at radius 3 is 2.08 bits per heavy atom. The average molecular weight is 495 g/mol. The molecule has 188 valence electrons. The molecule has 0 spiro atoms. The lowest BCUT2D eigenvalue weighted by Gasteiger charge is -2.29. The summed E-state index contributed by atoms with van der Waals surface area (Å²) in [5.41, 5.74) is 8.38. The van der Waals surface area contributed by atoms with Gasteiger partial charge in [-0.25, -0.2) is 0 Å². The van der Waals surface area contributed by atoms with E-state index in [0.717, 1.165) is 32.5 Å². The molecule has 1 aliphatic carbocycles. The number of ether oxygens (including phenoxy) is 2. The average Bonchev–Trinajstić information content (AvgIpc) is 3.10. The van der Waals surface area contributed by atoms with E-state index in [-0.39, 0.29) is 11.4 Å². The fraction of sp³-hybridized carbons (Fsp3) is 0.226. The fourth-order valence-corrected chi connectivity index (χ4v) is 5.28. The molecule has 37 heavy (non-hydrogen) atoms. The van der Waals surface area contributed by atoms with Gasteiger partial charge in [-0.15, -0.1) is 0 Å². The standard InChI is InChI=1S/C31H30N2O4/c1-36-28-16-15-25(30(33(34)35)31(28)37-2)10-7-19-32-20-17-24(18-21-32)29-26-11-5-3-8-22(26)13-14-23-9-4-6-12-27(23)29/h3-16H,17-21H2,1-2H3. The topological polar surface area (TPSA) is 64.8 Å². The summed E-state index contributed by atoms with van der Waals surface area (Å²) < 4.78 is 10.5. The van der Waals surface area contributed by atoms with Gasteiger partial charge >= 0.3 is 5.69 Å². The van der Waals surface area contributed by atoms with Crippen molar-refractivity contribution < 1.29 is 14.4 Å². The molecule has 3 aromatic carbocycles. The second-order valence-electron chi connectivity index (χ2n) is 9.19. The maximum absolute atomic E-state index is 11.7. The van der Waals surface area contributed by atoms with E-state index in [1.54, 1.807) is 18.2 Å². The van der Waals surface area contributed by atoms with Gasteiger partial charge in [-0.2, -0.15) is 0 Å². The van der Waals surface area contributed by atoms with Gasteiger partial charge in [0.2, 0.25) is 5.75 Å². The predicted molar refractivity (Wildman–Crippen MR) is 149 cm³/mol. The first kappa shape index (κ1) is 24.5. The van der Waals surface area contributed by atoms with Crippen LogP contribution in [0.5, 0.6) is 11.5 Å². The first-order valence-corrected chi connectivity index (χ1v) is 12.5. The van der Waals surface area contributed by atoms with Crippen LogP contribution in [0.1, 0.15) is 40.7 Å². The lowest BCUT2D eigenvalue weighted by molar-refractivity contribution is -0.386. The molecule has 1 saturated heterocycles. The molecule has 0 atom stereocenters. The molecule has 6 heteroatoms. The third-order valence-corrected chi connectivity index (χ3v) is 7.11. The van der Waals surface area contributed by atoms with E-state index < -0.39 is 4.92 Å². The molecule has 0 aromatic heterocycles. The van der Waals surface area contributed by atoms with Gasteiger partial charge in [0.25, 0.3) is 0 Å². The number of fused-ring (bicyclic) bond motifs is 2. The van der Waals surface area contributed by atoms with Gasteiger partial charge < -0.3 is 9.47 Å². The van der Waals surface area contributed by atoms with Gasteiger partial charge in [-0.3, -0.25) is 15.0 Å². The van der Waals surface area contributed by atoms with Gasteiger partial charge in [0.05, 0.1) is 24.7 Å².